The standard InChI is InChI=1S/C28H26ClN5O4S/c1-16-13-20(17(2)32(16)23-10-9-19(37-3)15-24(23)34(35)36)27-26(22-7-5-6-12-30-22)31-28(39)33(27)18-8-11-25(38-4)21(29)14-18/h5-15,26-27H,1-4H3,(H,31,39)/t26-,27-/m0/s1. The summed E-state index contributed by atoms with van der Waals surface area (Å²) in [7, 11) is 3.05. The van der Waals surface area contributed by atoms with Crippen LogP contribution in [0, 0.1) is 24.0 Å². The van der Waals surface area contributed by atoms with Crippen LogP contribution < -0.4 is 19.7 Å². The molecule has 0 amide bonds. The fourth-order valence-electron chi connectivity index (χ4n) is 5.18. The van der Waals surface area contributed by atoms with Crippen molar-refractivity contribution in [2.45, 2.75) is 25.9 Å². The maximum atomic E-state index is 12.0. The predicted molar refractivity (Wildman–Crippen MR) is 154 cm³/mol. The van der Waals surface area contributed by atoms with Crippen LogP contribution in [0.3, 0.4) is 0 Å². The molecule has 200 valence electrons. The van der Waals surface area contributed by atoms with Gasteiger partial charge in [0.15, 0.2) is 5.11 Å². The van der Waals surface area contributed by atoms with E-state index in [1.54, 1.807) is 31.5 Å². The van der Waals surface area contributed by atoms with E-state index in [1.807, 2.05) is 59.7 Å². The van der Waals surface area contributed by atoms with E-state index in [0.29, 0.717) is 27.3 Å². The summed E-state index contributed by atoms with van der Waals surface area (Å²) < 4.78 is 12.5. The molecule has 0 saturated carbocycles. The van der Waals surface area contributed by atoms with Crippen LogP contribution in [0.25, 0.3) is 5.69 Å². The molecule has 0 unspecified atom stereocenters. The molecule has 9 nitrogen and oxygen atoms in total. The summed E-state index contributed by atoms with van der Waals surface area (Å²) in [4.78, 5) is 18.2. The Morgan fingerprint density at radius 2 is 1.87 bits per heavy atom. The van der Waals surface area contributed by atoms with E-state index in [2.05, 4.69) is 10.3 Å². The molecule has 3 heterocycles. The number of methoxy groups -OCH3 is 2. The number of nitrogens with zero attached hydrogens (tertiary/aromatic N) is 4. The topological polar surface area (TPSA) is 94.7 Å². The number of nitro groups is 1. The van der Waals surface area contributed by atoms with E-state index in [-0.39, 0.29) is 17.8 Å². The second kappa shape index (κ2) is 10.5. The molecule has 39 heavy (non-hydrogen) atoms. The number of anilines is 1. The summed E-state index contributed by atoms with van der Waals surface area (Å²) in [6, 6.07) is 17.5. The van der Waals surface area contributed by atoms with E-state index in [1.165, 1.54) is 13.2 Å². The lowest BCUT2D eigenvalue weighted by Crippen LogP contribution is -2.29. The van der Waals surface area contributed by atoms with Gasteiger partial charge in [0.25, 0.3) is 5.69 Å². The normalized spacial score (nSPS) is 16.7. The van der Waals surface area contributed by atoms with Crippen molar-refractivity contribution in [1.29, 1.82) is 0 Å². The average Bonchev–Trinajstić information content (AvgIpc) is 3.43. The highest BCUT2D eigenvalue weighted by atomic mass is 35.5. The van der Waals surface area contributed by atoms with E-state index < -0.39 is 4.92 Å². The van der Waals surface area contributed by atoms with Crippen LogP contribution in [0.1, 0.15) is 34.7 Å². The van der Waals surface area contributed by atoms with E-state index in [9.17, 15) is 10.1 Å². The minimum atomic E-state index is -0.398. The second-order valence-electron chi connectivity index (χ2n) is 9.09. The largest absolute Gasteiger partial charge is 0.496 e. The molecule has 4 aromatic rings. The second-order valence-corrected chi connectivity index (χ2v) is 9.88. The van der Waals surface area contributed by atoms with Crippen molar-refractivity contribution >= 4 is 40.3 Å². The fraction of sp³-hybridized carbons (Fsp3) is 0.214. The molecule has 0 spiro atoms. The first-order valence-electron chi connectivity index (χ1n) is 12.1. The Bertz CT molecular complexity index is 1580. The van der Waals surface area contributed by atoms with Gasteiger partial charge in [0.1, 0.15) is 17.2 Å². The summed E-state index contributed by atoms with van der Waals surface area (Å²) in [5.74, 6) is 0.970. The Morgan fingerprint density at radius 3 is 2.51 bits per heavy atom. The van der Waals surface area contributed by atoms with Crippen molar-refractivity contribution in [3.63, 3.8) is 0 Å². The molecular weight excluding hydrogens is 538 g/mol. The molecular formula is C28H26ClN5O4S. The van der Waals surface area contributed by atoms with Gasteiger partial charge in [0.05, 0.1) is 48.0 Å². The molecule has 0 radical (unpaired) electrons. The predicted octanol–water partition coefficient (Wildman–Crippen LogP) is 6.25. The molecule has 1 saturated heterocycles. The first-order chi connectivity index (χ1) is 18.7. The number of hydrogen-bond donors (Lipinski definition) is 1. The van der Waals surface area contributed by atoms with Crippen molar-refractivity contribution in [3.05, 3.63) is 105 Å². The fourth-order valence-corrected chi connectivity index (χ4v) is 5.78. The van der Waals surface area contributed by atoms with Gasteiger partial charge in [-0.2, -0.15) is 0 Å². The number of rotatable bonds is 7. The van der Waals surface area contributed by atoms with Gasteiger partial charge in [-0.15, -0.1) is 0 Å². The molecule has 5 rings (SSSR count). The SMILES string of the molecule is COc1ccc(-n2c(C)cc([C@H]3[C@H](c4ccccn4)NC(=S)N3c3ccc(OC)c(Cl)c3)c2C)c([N+](=O)[O-])c1. The average molecular weight is 564 g/mol. The Morgan fingerprint density at radius 1 is 1.08 bits per heavy atom. The third-order valence-corrected chi connectivity index (χ3v) is 7.53. The van der Waals surface area contributed by atoms with E-state index >= 15 is 0 Å². The minimum absolute atomic E-state index is 0.0529. The molecule has 0 bridgehead atoms. The van der Waals surface area contributed by atoms with Crippen LogP contribution in [-0.2, 0) is 0 Å². The maximum Gasteiger partial charge on any atom is 0.296 e. The molecule has 0 aliphatic carbocycles. The molecule has 1 aliphatic rings. The van der Waals surface area contributed by atoms with Gasteiger partial charge in [0, 0.05) is 23.3 Å². The van der Waals surface area contributed by atoms with Crippen LogP contribution in [-0.4, -0.2) is 33.8 Å². The monoisotopic (exact) mass is 563 g/mol. The molecule has 2 aromatic carbocycles. The molecule has 1 N–H and O–H groups in total. The van der Waals surface area contributed by atoms with E-state index in [0.717, 1.165) is 28.3 Å². The molecule has 2 atom stereocenters. The minimum Gasteiger partial charge on any atom is -0.496 e. The number of thiocarbonyl (C=S) groups is 1. The van der Waals surface area contributed by atoms with Crippen molar-refractivity contribution in [2.24, 2.45) is 0 Å². The van der Waals surface area contributed by atoms with Gasteiger partial charge >= 0.3 is 0 Å². The molecule has 11 heteroatoms. The molecule has 1 fully saturated rings. The Kier molecular flexibility index (Phi) is 7.16. The van der Waals surface area contributed by atoms with Gasteiger partial charge in [-0.05, 0) is 80.2 Å². The van der Waals surface area contributed by atoms with Crippen molar-refractivity contribution < 1.29 is 14.4 Å². The molecule has 1 aliphatic heterocycles. The maximum absolute atomic E-state index is 12.0. The number of nitrogens with one attached hydrogen (secondary N) is 1. The summed E-state index contributed by atoms with van der Waals surface area (Å²) in [5, 5.41) is 16.4. The summed E-state index contributed by atoms with van der Waals surface area (Å²) >= 11 is 12.4. The summed E-state index contributed by atoms with van der Waals surface area (Å²) in [6.45, 7) is 3.88. The zero-order chi connectivity index (χ0) is 27.8. The lowest BCUT2D eigenvalue weighted by atomic mass is 9.96. The summed E-state index contributed by atoms with van der Waals surface area (Å²) in [6.07, 6.45) is 1.74. The van der Waals surface area contributed by atoms with Crippen LogP contribution in [0.5, 0.6) is 11.5 Å². The number of nitro benzene ring substituents is 1. The Balaban J connectivity index is 1.70. The number of aromatic nitrogens is 2. The van der Waals surface area contributed by atoms with Gasteiger partial charge in [-0.25, -0.2) is 0 Å². The van der Waals surface area contributed by atoms with Crippen LogP contribution in [0.15, 0.2) is 66.9 Å². The van der Waals surface area contributed by atoms with Gasteiger partial charge < -0.3 is 24.3 Å². The van der Waals surface area contributed by atoms with E-state index in [4.69, 9.17) is 33.3 Å². The number of benzene rings is 2. The number of hydrogen-bond acceptors (Lipinski definition) is 6. The van der Waals surface area contributed by atoms with Crippen LogP contribution in [0.4, 0.5) is 11.4 Å². The highest BCUT2D eigenvalue weighted by Crippen LogP contribution is 2.45. The van der Waals surface area contributed by atoms with Crippen LogP contribution >= 0.6 is 23.8 Å². The van der Waals surface area contributed by atoms with Crippen LogP contribution in [0.2, 0.25) is 5.02 Å². The lowest BCUT2D eigenvalue weighted by molar-refractivity contribution is -0.384. The number of aryl methyl sites for hydroxylation is 1. The van der Waals surface area contributed by atoms with Crippen molar-refractivity contribution in [3.8, 4) is 17.2 Å². The highest BCUT2D eigenvalue weighted by Gasteiger charge is 2.42. The smallest absolute Gasteiger partial charge is 0.296 e. The number of pyridine rings is 1. The zero-order valence-corrected chi connectivity index (χ0v) is 23.3. The lowest BCUT2D eigenvalue weighted by Gasteiger charge is -2.28. The quantitative estimate of drug-likeness (QED) is 0.160. The first-order valence-corrected chi connectivity index (χ1v) is 12.9. The van der Waals surface area contributed by atoms with Crippen molar-refractivity contribution in [2.75, 3.05) is 19.1 Å². The third kappa shape index (κ3) is 4.66. The highest BCUT2D eigenvalue weighted by molar-refractivity contribution is 7.80. The summed E-state index contributed by atoms with van der Waals surface area (Å²) in [5.41, 5.74) is 4.59. The number of ether oxygens (including phenoxy) is 2. The third-order valence-electron chi connectivity index (χ3n) is 6.92. The molecule has 2 aromatic heterocycles. The Labute approximate surface area is 236 Å². The Hall–Kier alpha value is -4.15. The van der Waals surface area contributed by atoms with Crippen molar-refractivity contribution in [1.82, 2.24) is 14.9 Å². The first kappa shape index (κ1) is 26.5. The van der Waals surface area contributed by atoms with Gasteiger partial charge in [-0.1, -0.05) is 17.7 Å². The number of halogens is 1. The van der Waals surface area contributed by atoms with Gasteiger partial charge in [-0.3, -0.25) is 15.1 Å². The van der Waals surface area contributed by atoms with Gasteiger partial charge in [0.2, 0.25) is 0 Å². The zero-order valence-electron chi connectivity index (χ0n) is 21.7.